The van der Waals surface area contributed by atoms with E-state index in [-0.39, 0.29) is 11.4 Å². The first-order chi connectivity index (χ1) is 5.71. The molecule has 3 heteroatoms. The lowest BCUT2D eigenvalue weighted by atomic mass is 9.75. The summed E-state index contributed by atoms with van der Waals surface area (Å²) in [6.07, 6.45) is 4.43. The van der Waals surface area contributed by atoms with Crippen molar-refractivity contribution in [3.05, 3.63) is 29.8 Å². The summed E-state index contributed by atoms with van der Waals surface area (Å²) in [6.45, 7) is 0. The van der Waals surface area contributed by atoms with Crippen molar-refractivity contribution in [2.45, 2.75) is 24.8 Å². The lowest BCUT2D eigenvalue weighted by molar-refractivity contribution is 0.245. The Bertz CT molecular complexity index is 294. The molecule has 1 heterocycles. The molecule has 0 aliphatic heterocycles. The summed E-state index contributed by atoms with van der Waals surface area (Å²) in [5, 5.41) is 0. The molecule has 64 valence electrons. The number of pyridine rings is 1. The van der Waals surface area contributed by atoms with E-state index in [0.717, 1.165) is 19.3 Å². The molecule has 1 aromatic rings. The average Bonchev–Trinajstić information content (AvgIpc) is 2.00. The van der Waals surface area contributed by atoms with Crippen LogP contribution in [-0.4, -0.2) is 4.98 Å². The lowest BCUT2D eigenvalue weighted by Gasteiger charge is -2.37. The van der Waals surface area contributed by atoms with Crippen LogP contribution in [0.3, 0.4) is 0 Å². The van der Waals surface area contributed by atoms with Gasteiger partial charge >= 0.3 is 0 Å². The van der Waals surface area contributed by atoms with E-state index in [1.165, 1.54) is 18.3 Å². The van der Waals surface area contributed by atoms with E-state index >= 15 is 0 Å². The van der Waals surface area contributed by atoms with Gasteiger partial charge in [-0.15, -0.1) is 0 Å². The maximum atomic E-state index is 12.8. The van der Waals surface area contributed by atoms with Crippen LogP contribution in [0.1, 0.15) is 25.0 Å². The van der Waals surface area contributed by atoms with Crippen LogP contribution in [-0.2, 0) is 5.54 Å². The Morgan fingerprint density at radius 2 is 2.25 bits per heavy atom. The zero-order valence-electron chi connectivity index (χ0n) is 6.76. The summed E-state index contributed by atoms with van der Waals surface area (Å²) in [5.74, 6) is -0.253. The standard InChI is InChI=1S/C9H11FN2/c10-7-2-5-12-8(6-7)9(11)3-1-4-9/h2,5-6H,1,3-4,11H2. The fraction of sp³-hybridized carbons (Fsp3) is 0.444. The van der Waals surface area contributed by atoms with Crippen molar-refractivity contribution in [1.82, 2.24) is 4.98 Å². The quantitative estimate of drug-likeness (QED) is 0.687. The van der Waals surface area contributed by atoms with Crippen LogP contribution in [0.15, 0.2) is 18.3 Å². The Hall–Kier alpha value is -0.960. The summed E-state index contributed by atoms with van der Waals surface area (Å²) in [5.41, 5.74) is 6.31. The highest BCUT2D eigenvalue weighted by Gasteiger charge is 2.35. The van der Waals surface area contributed by atoms with Crippen LogP contribution in [0, 0.1) is 5.82 Å². The number of rotatable bonds is 1. The van der Waals surface area contributed by atoms with Gasteiger partial charge in [-0.25, -0.2) is 4.39 Å². The van der Waals surface area contributed by atoms with Gasteiger partial charge in [-0.3, -0.25) is 4.98 Å². The number of halogens is 1. The van der Waals surface area contributed by atoms with Crippen LogP contribution in [0.2, 0.25) is 0 Å². The van der Waals surface area contributed by atoms with Crippen LogP contribution in [0.5, 0.6) is 0 Å². The number of nitrogens with two attached hydrogens (primary N) is 1. The van der Waals surface area contributed by atoms with Crippen LogP contribution in [0.25, 0.3) is 0 Å². The van der Waals surface area contributed by atoms with Crippen molar-refractivity contribution in [2.24, 2.45) is 5.73 Å². The molecular formula is C9H11FN2. The van der Waals surface area contributed by atoms with Gasteiger partial charge < -0.3 is 5.73 Å². The molecule has 0 atom stereocenters. The lowest BCUT2D eigenvalue weighted by Crippen LogP contribution is -2.44. The third-order valence-corrected chi connectivity index (χ3v) is 2.48. The Labute approximate surface area is 70.6 Å². The van der Waals surface area contributed by atoms with Gasteiger partial charge in [0.15, 0.2) is 0 Å². The minimum absolute atomic E-state index is 0.253. The second kappa shape index (κ2) is 2.52. The van der Waals surface area contributed by atoms with E-state index < -0.39 is 0 Å². The maximum Gasteiger partial charge on any atom is 0.126 e. The van der Waals surface area contributed by atoms with Gasteiger partial charge in [0.1, 0.15) is 5.82 Å². The third-order valence-electron chi connectivity index (χ3n) is 2.48. The zero-order chi connectivity index (χ0) is 8.60. The largest absolute Gasteiger partial charge is 0.320 e. The molecule has 0 spiro atoms. The van der Waals surface area contributed by atoms with Gasteiger partial charge in [-0.1, -0.05) is 0 Å². The van der Waals surface area contributed by atoms with Crippen molar-refractivity contribution >= 4 is 0 Å². The normalized spacial score (nSPS) is 20.2. The highest BCUT2D eigenvalue weighted by molar-refractivity contribution is 5.18. The first-order valence-corrected chi connectivity index (χ1v) is 4.12. The van der Waals surface area contributed by atoms with Crippen LogP contribution >= 0.6 is 0 Å². The monoisotopic (exact) mass is 166 g/mol. The van der Waals surface area contributed by atoms with Gasteiger partial charge in [-0.05, 0) is 31.4 Å². The fourth-order valence-electron chi connectivity index (χ4n) is 1.49. The number of aromatic nitrogens is 1. The average molecular weight is 166 g/mol. The van der Waals surface area contributed by atoms with Crippen LogP contribution in [0.4, 0.5) is 4.39 Å². The third kappa shape index (κ3) is 1.10. The Morgan fingerprint density at radius 1 is 1.50 bits per heavy atom. The van der Waals surface area contributed by atoms with Crippen molar-refractivity contribution in [2.75, 3.05) is 0 Å². The molecule has 12 heavy (non-hydrogen) atoms. The number of hydrogen-bond acceptors (Lipinski definition) is 2. The predicted molar refractivity (Wildman–Crippen MR) is 43.9 cm³/mol. The summed E-state index contributed by atoms with van der Waals surface area (Å²) >= 11 is 0. The summed E-state index contributed by atoms with van der Waals surface area (Å²) in [7, 11) is 0. The molecule has 1 aliphatic rings. The van der Waals surface area contributed by atoms with Gasteiger partial charge in [0, 0.05) is 6.20 Å². The second-order valence-corrected chi connectivity index (χ2v) is 3.37. The minimum Gasteiger partial charge on any atom is -0.320 e. The Kier molecular flexibility index (Phi) is 1.61. The van der Waals surface area contributed by atoms with E-state index in [9.17, 15) is 4.39 Å². The van der Waals surface area contributed by atoms with E-state index in [1.807, 2.05) is 0 Å². The maximum absolute atomic E-state index is 12.8. The summed E-state index contributed by atoms with van der Waals surface area (Å²) in [4.78, 5) is 4.07. The van der Waals surface area contributed by atoms with Gasteiger partial charge in [-0.2, -0.15) is 0 Å². The highest BCUT2D eigenvalue weighted by atomic mass is 19.1. The zero-order valence-corrected chi connectivity index (χ0v) is 6.76. The van der Waals surface area contributed by atoms with E-state index in [0.29, 0.717) is 5.69 Å². The van der Waals surface area contributed by atoms with Crippen molar-refractivity contribution < 1.29 is 4.39 Å². The van der Waals surface area contributed by atoms with Crippen molar-refractivity contribution in [3.63, 3.8) is 0 Å². The fourth-order valence-corrected chi connectivity index (χ4v) is 1.49. The number of hydrogen-bond donors (Lipinski definition) is 1. The van der Waals surface area contributed by atoms with E-state index in [2.05, 4.69) is 4.98 Å². The Morgan fingerprint density at radius 3 is 2.75 bits per heavy atom. The Balaban J connectivity index is 2.33. The molecule has 1 aromatic heterocycles. The molecule has 0 bridgehead atoms. The molecule has 0 unspecified atom stereocenters. The number of nitrogens with zero attached hydrogens (tertiary/aromatic N) is 1. The molecule has 2 rings (SSSR count). The molecule has 1 fully saturated rings. The smallest absolute Gasteiger partial charge is 0.126 e. The predicted octanol–water partition coefficient (Wildman–Crippen LogP) is 1.56. The molecule has 2 nitrogen and oxygen atoms in total. The first-order valence-electron chi connectivity index (χ1n) is 4.12. The van der Waals surface area contributed by atoms with Gasteiger partial charge in [0.25, 0.3) is 0 Å². The van der Waals surface area contributed by atoms with Crippen molar-refractivity contribution in [3.8, 4) is 0 Å². The summed E-state index contributed by atoms with van der Waals surface area (Å²) in [6, 6.07) is 2.77. The van der Waals surface area contributed by atoms with E-state index in [4.69, 9.17) is 5.73 Å². The molecule has 0 radical (unpaired) electrons. The first kappa shape index (κ1) is 7.68. The molecule has 1 saturated carbocycles. The SMILES string of the molecule is NC1(c2cc(F)ccn2)CCC1. The van der Waals surface area contributed by atoms with Crippen LogP contribution < -0.4 is 5.73 Å². The van der Waals surface area contributed by atoms with Gasteiger partial charge in [0.05, 0.1) is 11.2 Å². The summed E-state index contributed by atoms with van der Waals surface area (Å²) < 4.78 is 12.8. The molecular weight excluding hydrogens is 155 g/mol. The minimum atomic E-state index is -0.345. The van der Waals surface area contributed by atoms with Gasteiger partial charge in [0.2, 0.25) is 0 Å². The van der Waals surface area contributed by atoms with E-state index in [1.54, 1.807) is 0 Å². The highest BCUT2D eigenvalue weighted by Crippen LogP contribution is 2.37. The molecule has 0 saturated heterocycles. The second-order valence-electron chi connectivity index (χ2n) is 3.37. The van der Waals surface area contributed by atoms with Crippen molar-refractivity contribution in [1.29, 1.82) is 0 Å². The molecule has 2 N–H and O–H groups in total. The molecule has 0 amide bonds. The molecule has 0 aromatic carbocycles. The molecule has 1 aliphatic carbocycles. The topological polar surface area (TPSA) is 38.9 Å².